The van der Waals surface area contributed by atoms with Gasteiger partial charge in [0.1, 0.15) is 11.2 Å². The SMILES string of the molecule is c1ccc(-c2cc(-n3c4ccccc4c4c5oc6ccccc6c5c5c6ccccc6n(-c6ccccc6)c5c43)ccc2-c2nc3ccccc3nc2-c2ccccc2)cc1. The molecule has 4 aromatic heterocycles. The van der Waals surface area contributed by atoms with E-state index in [0.717, 1.165) is 111 Å². The number of fused-ring (bicyclic) bond motifs is 13. The largest absolute Gasteiger partial charge is 0.455 e. The number of benzene rings is 9. The zero-order valence-electron chi connectivity index (χ0n) is 32.8. The number of aromatic nitrogens is 4. The third-order valence-corrected chi connectivity index (χ3v) is 12.3. The predicted molar refractivity (Wildman–Crippen MR) is 252 cm³/mol. The minimum atomic E-state index is 0.841. The second-order valence-corrected chi connectivity index (χ2v) is 15.7. The van der Waals surface area contributed by atoms with Crippen molar-refractivity contribution in [2.45, 2.75) is 0 Å². The van der Waals surface area contributed by atoms with Crippen LogP contribution in [0.25, 0.3) is 122 Å². The molecule has 0 aliphatic carbocycles. The first-order chi connectivity index (χ1) is 30.3. The predicted octanol–water partition coefficient (Wildman–Crippen LogP) is 14.7. The zero-order chi connectivity index (χ0) is 40.0. The molecule has 0 fully saturated rings. The van der Waals surface area contributed by atoms with Crippen molar-refractivity contribution in [3.63, 3.8) is 0 Å². The molecule has 0 unspecified atom stereocenters. The third-order valence-electron chi connectivity index (χ3n) is 12.3. The smallest absolute Gasteiger partial charge is 0.146 e. The maximum atomic E-state index is 7.02. The van der Waals surface area contributed by atoms with Gasteiger partial charge in [0.15, 0.2) is 0 Å². The summed E-state index contributed by atoms with van der Waals surface area (Å²) in [5.41, 5.74) is 16.0. The Morgan fingerprint density at radius 2 is 0.885 bits per heavy atom. The highest BCUT2D eigenvalue weighted by atomic mass is 16.3. The van der Waals surface area contributed by atoms with Gasteiger partial charge in [-0.3, -0.25) is 0 Å². The van der Waals surface area contributed by atoms with Crippen molar-refractivity contribution in [1.82, 2.24) is 19.1 Å². The molecule has 0 saturated heterocycles. The molecule has 13 aromatic rings. The van der Waals surface area contributed by atoms with E-state index in [1.165, 1.54) is 10.8 Å². The summed E-state index contributed by atoms with van der Waals surface area (Å²) < 4.78 is 11.9. The van der Waals surface area contributed by atoms with Gasteiger partial charge in [-0.2, -0.15) is 0 Å². The molecule has 13 rings (SSSR count). The van der Waals surface area contributed by atoms with Crippen molar-refractivity contribution < 1.29 is 4.42 Å². The van der Waals surface area contributed by atoms with Crippen molar-refractivity contribution >= 4 is 76.6 Å². The summed E-state index contributed by atoms with van der Waals surface area (Å²) in [5.74, 6) is 0. The Morgan fingerprint density at radius 3 is 1.59 bits per heavy atom. The molecule has 284 valence electrons. The topological polar surface area (TPSA) is 48.8 Å². The van der Waals surface area contributed by atoms with Gasteiger partial charge in [-0.15, -0.1) is 0 Å². The number of hydrogen-bond acceptors (Lipinski definition) is 3. The van der Waals surface area contributed by atoms with E-state index in [-0.39, 0.29) is 0 Å². The van der Waals surface area contributed by atoms with Gasteiger partial charge in [0.05, 0.1) is 49.9 Å². The number of hydrogen-bond donors (Lipinski definition) is 0. The van der Waals surface area contributed by atoms with Crippen LogP contribution in [0.4, 0.5) is 0 Å². The molecule has 5 nitrogen and oxygen atoms in total. The van der Waals surface area contributed by atoms with Crippen molar-refractivity contribution in [3.05, 3.63) is 206 Å². The number of furan rings is 1. The Kier molecular flexibility index (Phi) is 7.24. The monoisotopic (exact) mass is 778 g/mol. The van der Waals surface area contributed by atoms with E-state index in [2.05, 4.69) is 185 Å². The van der Waals surface area contributed by atoms with E-state index in [1.54, 1.807) is 0 Å². The first kappa shape index (κ1) is 33.7. The number of para-hydroxylation sites is 6. The number of rotatable bonds is 5. The molecule has 0 aliphatic rings. The van der Waals surface area contributed by atoms with E-state index in [9.17, 15) is 0 Å². The molecule has 0 N–H and O–H groups in total. The molecule has 0 spiro atoms. The lowest BCUT2D eigenvalue weighted by atomic mass is 9.94. The highest BCUT2D eigenvalue weighted by Gasteiger charge is 2.28. The lowest BCUT2D eigenvalue weighted by Crippen LogP contribution is -2.01. The Morgan fingerprint density at radius 1 is 0.361 bits per heavy atom. The normalized spacial score (nSPS) is 11.9. The van der Waals surface area contributed by atoms with E-state index >= 15 is 0 Å². The van der Waals surface area contributed by atoms with E-state index in [4.69, 9.17) is 14.4 Å². The molecule has 0 amide bonds. The van der Waals surface area contributed by atoms with Gasteiger partial charge in [-0.1, -0.05) is 152 Å². The van der Waals surface area contributed by atoms with Gasteiger partial charge in [0, 0.05) is 49.4 Å². The molecular formula is C56H34N4O. The van der Waals surface area contributed by atoms with Crippen LogP contribution in [0.3, 0.4) is 0 Å². The van der Waals surface area contributed by atoms with Crippen LogP contribution in [0.5, 0.6) is 0 Å². The standard InChI is InChI=1S/C56H34N4O/c1-4-18-35(19-5-1)43-34-38(32-33-39(43)53-52(36-20-6-2-7-21-36)57-44-27-13-14-28-45(44)58-53)60-47-30-16-11-25-41(47)51-55(60)54-49(50-42-26-12-17-31-48(42)61-56(50)51)40-24-10-15-29-46(40)59(54)37-22-8-3-9-23-37/h1-34H. The molecule has 4 heterocycles. The Bertz CT molecular complexity index is 3860. The summed E-state index contributed by atoms with van der Waals surface area (Å²) >= 11 is 0. The molecule has 0 saturated carbocycles. The van der Waals surface area contributed by atoms with Gasteiger partial charge < -0.3 is 13.6 Å². The fraction of sp³-hybridized carbons (Fsp3) is 0. The maximum Gasteiger partial charge on any atom is 0.146 e. The summed E-state index contributed by atoms with van der Waals surface area (Å²) in [6.07, 6.45) is 0. The van der Waals surface area contributed by atoms with Crippen molar-refractivity contribution in [2.24, 2.45) is 0 Å². The summed E-state index contributed by atoms with van der Waals surface area (Å²) in [7, 11) is 0. The lowest BCUT2D eigenvalue weighted by molar-refractivity contribution is 0.673. The average molecular weight is 779 g/mol. The summed E-state index contributed by atoms with van der Waals surface area (Å²) in [6.45, 7) is 0. The number of nitrogens with zero attached hydrogens (tertiary/aromatic N) is 4. The van der Waals surface area contributed by atoms with Crippen molar-refractivity contribution in [2.75, 3.05) is 0 Å². The Labute approximate surface area is 350 Å². The molecule has 0 bridgehead atoms. The summed E-state index contributed by atoms with van der Waals surface area (Å²) in [4.78, 5) is 10.7. The van der Waals surface area contributed by atoms with Crippen molar-refractivity contribution in [3.8, 4) is 45.0 Å². The van der Waals surface area contributed by atoms with Gasteiger partial charge in [0.2, 0.25) is 0 Å². The van der Waals surface area contributed by atoms with Gasteiger partial charge >= 0.3 is 0 Å². The minimum absolute atomic E-state index is 0.841. The Hall–Kier alpha value is -8.28. The zero-order valence-corrected chi connectivity index (χ0v) is 32.8. The second-order valence-electron chi connectivity index (χ2n) is 15.7. The molecule has 0 atom stereocenters. The molecule has 5 heteroatoms. The van der Waals surface area contributed by atoms with Crippen LogP contribution < -0.4 is 0 Å². The first-order valence-electron chi connectivity index (χ1n) is 20.7. The average Bonchev–Trinajstić information content (AvgIpc) is 4.00. The van der Waals surface area contributed by atoms with Crippen LogP contribution in [0.2, 0.25) is 0 Å². The quantitative estimate of drug-likeness (QED) is 0.175. The molecule has 0 radical (unpaired) electrons. The lowest BCUT2D eigenvalue weighted by Gasteiger charge is -2.18. The van der Waals surface area contributed by atoms with Crippen LogP contribution in [0.15, 0.2) is 211 Å². The second kappa shape index (κ2) is 13.1. The van der Waals surface area contributed by atoms with Crippen LogP contribution >= 0.6 is 0 Å². The van der Waals surface area contributed by atoms with E-state index < -0.39 is 0 Å². The van der Waals surface area contributed by atoms with Crippen molar-refractivity contribution in [1.29, 1.82) is 0 Å². The highest BCUT2D eigenvalue weighted by molar-refractivity contribution is 6.39. The van der Waals surface area contributed by atoms with E-state index in [1.807, 2.05) is 30.3 Å². The first-order valence-corrected chi connectivity index (χ1v) is 20.7. The molecule has 0 aliphatic heterocycles. The Balaban J connectivity index is 1.21. The fourth-order valence-corrected chi connectivity index (χ4v) is 9.71. The maximum absolute atomic E-state index is 7.02. The van der Waals surface area contributed by atoms with Crippen LogP contribution in [0, 0.1) is 0 Å². The van der Waals surface area contributed by atoms with Gasteiger partial charge in [0.25, 0.3) is 0 Å². The summed E-state index contributed by atoms with van der Waals surface area (Å²) in [6, 6.07) is 72.8. The van der Waals surface area contributed by atoms with Crippen LogP contribution in [-0.4, -0.2) is 19.1 Å². The van der Waals surface area contributed by atoms with Gasteiger partial charge in [-0.05, 0) is 65.7 Å². The third kappa shape index (κ3) is 4.95. The molecule has 9 aromatic carbocycles. The summed E-state index contributed by atoms with van der Waals surface area (Å²) in [5, 5.41) is 6.82. The fourth-order valence-electron chi connectivity index (χ4n) is 9.71. The molecule has 61 heavy (non-hydrogen) atoms. The van der Waals surface area contributed by atoms with Crippen LogP contribution in [-0.2, 0) is 0 Å². The molecular weight excluding hydrogens is 745 g/mol. The van der Waals surface area contributed by atoms with Gasteiger partial charge in [-0.25, -0.2) is 9.97 Å². The van der Waals surface area contributed by atoms with Crippen LogP contribution in [0.1, 0.15) is 0 Å². The highest BCUT2D eigenvalue weighted by Crippen LogP contribution is 2.50. The van der Waals surface area contributed by atoms with E-state index in [0.29, 0.717) is 0 Å². The minimum Gasteiger partial charge on any atom is -0.455 e.